The number of carbonyl (C=O) groups excluding carboxylic acids is 1. The average Bonchev–Trinajstić information content (AvgIpc) is 2.82. The van der Waals surface area contributed by atoms with E-state index >= 15 is 0 Å². The van der Waals surface area contributed by atoms with Gasteiger partial charge in [-0.1, -0.05) is 12.1 Å². The molecule has 0 bridgehead atoms. The molecule has 120 valence electrons. The van der Waals surface area contributed by atoms with Gasteiger partial charge in [0.05, 0.1) is 12.5 Å². The lowest BCUT2D eigenvalue weighted by molar-refractivity contribution is -0.138. The fraction of sp³-hybridized carbons (Fsp3) is 0.611. The molecule has 3 rings (SSSR count). The van der Waals surface area contributed by atoms with Crippen LogP contribution in [0.25, 0.3) is 0 Å². The van der Waals surface area contributed by atoms with Gasteiger partial charge in [-0.2, -0.15) is 0 Å². The monoisotopic (exact) mass is 302 g/mol. The zero-order valence-corrected chi connectivity index (χ0v) is 13.8. The predicted octanol–water partition coefficient (Wildman–Crippen LogP) is 2.40. The first-order chi connectivity index (χ1) is 10.6. The lowest BCUT2D eigenvalue weighted by Crippen LogP contribution is -2.48. The summed E-state index contributed by atoms with van der Waals surface area (Å²) in [7, 11) is 1.68. The molecule has 1 aromatic carbocycles. The van der Waals surface area contributed by atoms with Crippen molar-refractivity contribution in [3.8, 4) is 5.75 Å². The number of benzene rings is 1. The van der Waals surface area contributed by atoms with Crippen LogP contribution in [0, 0.1) is 5.41 Å². The number of amides is 1. The summed E-state index contributed by atoms with van der Waals surface area (Å²) >= 11 is 0. The van der Waals surface area contributed by atoms with Crippen LogP contribution >= 0.6 is 0 Å². The second-order valence-electron chi connectivity index (χ2n) is 6.81. The van der Waals surface area contributed by atoms with Gasteiger partial charge in [0.2, 0.25) is 5.91 Å². The summed E-state index contributed by atoms with van der Waals surface area (Å²) in [4.78, 5) is 15.1. The summed E-state index contributed by atoms with van der Waals surface area (Å²) in [6, 6.07) is 8.51. The Kier molecular flexibility index (Phi) is 4.13. The molecule has 0 saturated carbocycles. The minimum Gasteiger partial charge on any atom is -0.497 e. The van der Waals surface area contributed by atoms with E-state index in [1.54, 1.807) is 7.11 Å². The van der Waals surface area contributed by atoms with Crippen molar-refractivity contribution in [1.82, 2.24) is 10.2 Å². The van der Waals surface area contributed by atoms with Gasteiger partial charge in [-0.25, -0.2) is 0 Å². The standard InChI is InChI=1S/C18H26N2O2/c1-13(2)20-11-16(14-5-7-15(22-3)8-6-14)18(17(20)21)9-4-10-19-12-18/h5-8,13,16,19H,4,9-12H2,1-3H3. The van der Waals surface area contributed by atoms with E-state index in [4.69, 9.17) is 4.74 Å². The topological polar surface area (TPSA) is 41.6 Å². The second-order valence-corrected chi connectivity index (χ2v) is 6.81. The number of methoxy groups -OCH3 is 1. The SMILES string of the molecule is COc1ccc(C2CN(C(C)C)C(=O)C23CCCNC3)cc1. The lowest BCUT2D eigenvalue weighted by atomic mass is 9.69. The fourth-order valence-corrected chi connectivity index (χ4v) is 4.00. The van der Waals surface area contributed by atoms with Crippen LogP contribution in [0.5, 0.6) is 5.75 Å². The second kappa shape index (κ2) is 5.92. The van der Waals surface area contributed by atoms with Crippen LogP contribution in [-0.4, -0.2) is 43.6 Å². The van der Waals surface area contributed by atoms with E-state index in [0.29, 0.717) is 5.91 Å². The summed E-state index contributed by atoms with van der Waals surface area (Å²) in [5.74, 6) is 1.46. The van der Waals surface area contributed by atoms with Gasteiger partial charge in [0.15, 0.2) is 0 Å². The Labute approximate surface area is 132 Å². The first-order valence-corrected chi connectivity index (χ1v) is 8.24. The normalized spacial score (nSPS) is 28.6. The third-order valence-electron chi connectivity index (χ3n) is 5.29. The molecule has 0 radical (unpaired) electrons. The van der Waals surface area contributed by atoms with Crippen LogP contribution in [0.4, 0.5) is 0 Å². The average molecular weight is 302 g/mol. The minimum atomic E-state index is -0.267. The van der Waals surface area contributed by atoms with Gasteiger partial charge in [0, 0.05) is 25.0 Å². The van der Waals surface area contributed by atoms with Crippen molar-refractivity contribution in [1.29, 1.82) is 0 Å². The molecular formula is C18H26N2O2. The number of rotatable bonds is 3. The number of hydrogen-bond donors (Lipinski definition) is 1. The molecule has 2 aliphatic heterocycles. The Morgan fingerprint density at radius 2 is 2.05 bits per heavy atom. The van der Waals surface area contributed by atoms with Gasteiger partial charge >= 0.3 is 0 Å². The van der Waals surface area contributed by atoms with Crippen LogP contribution in [0.2, 0.25) is 0 Å². The number of hydrogen-bond acceptors (Lipinski definition) is 3. The zero-order valence-electron chi connectivity index (χ0n) is 13.8. The van der Waals surface area contributed by atoms with Crippen LogP contribution < -0.4 is 10.1 Å². The number of carbonyl (C=O) groups is 1. The van der Waals surface area contributed by atoms with Crippen molar-refractivity contribution in [3.63, 3.8) is 0 Å². The molecule has 2 aliphatic rings. The third-order valence-corrected chi connectivity index (χ3v) is 5.29. The molecule has 1 aromatic rings. The van der Waals surface area contributed by atoms with Crippen molar-refractivity contribution < 1.29 is 9.53 Å². The maximum absolute atomic E-state index is 13.1. The number of nitrogens with one attached hydrogen (secondary N) is 1. The highest BCUT2D eigenvalue weighted by Gasteiger charge is 2.54. The predicted molar refractivity (Wildman–Crippen MR) is 87.1 cm³/mol. The number of piperidine rings is 1. The Balaban J connectivity index is 1.97. The van der Waals surface area contributed by atoms with E-state index in [9.17, 15) is 4.79 Å². The van der Waals surface area contributed by atoms with E-state index in [1.807, 2.05) is 12.1 Å². The molecule has 4 nitrogen and oxygen atoms in total. The molecular weight excluding hydrogens is 276 g/mol. The molecule has 2 saturated heterocycles. The van der Waals surface area contributed by atoms with Gasteiger partial charge < -0.3 is 15.0 Å². The fourth-order valence-electron chi connectivity index (χ4n) is 4.00. The van der Waals surface area contributed by atoms with Crippen LogP contribution in [0.3, 0.4) is 0 Å². The maximum Gasteiger partial charge on any atom is 0.231 e. The molecule has 1 amide bonds. The van der Waals surface area contributed by atoms with Crippen molar-refractivity contribution in [3.05, 3.63) is 29.8 Å². The zero-order chi connectivity index (χ0) is 15.7. The Morgan fingerprint density at radius 1 is 1.32 bits per heavy atom. The summed E-state index contributed by atoms with van der Waals surface area (Å²) < 4.78 is 5.26. The number of ether oxygens (including phenoxy) is 1. The van der Waals surface area contributed by atoms with Crippen molar-refractivity contribution in [2.75, 3.05) is 26.7 Å². The van der Waals surface area contributed by atoms with E-state index in [0.717, 1.165) is 38.2 Å². The molecule has 4 heteroatoms. The Bertz CT molecular complexity index is 533. The maximum atomic E-state index is 13.1. The summed E-state index contributed by atoms with van der Waals surface area (Å²) in [6.45, 7) is 6.86. The molecule has 2 atom stereocenters. The van der Waals surface area contributed by atoms with E-state index < -0.39 is 0 Å². The quantitative estimate of drug-likeness (QED) is 0.932. The van der Waals surface area contributed by atoms with Crippen LogP contribution in [-0.2, 0) is 4.79 Å². The van der Waals surface area contributed by atoms with Gasteiger partial charge in [-0.3, -0.25) is 4.79 Å². The van der Waals surface area contributed by atoms with Crippen LogP contribution in [0.1, 0.15) is 38.2 Å². The van der Waals surface area contributed by atoms with Gasteiger partial charge in [0.25, 0.3) is 0 Å². The van der Waals surface area contributed by atoms with E-state index in [-0.39, 0.29) is 17.4 Å². The van der Waals surface area contributed by atoms with E-state index in [1.165, 1.54) is 5.56 Å². The molecule has 2 fully saturated rings. The van der Waals surface area contributed by atoms with Gasteiger partial charge in [-0.05, 0) is 50.9 Å². The molecule has 2 heterocycles. The molecule has 1 spiro atoms. The first-order valence-electron chi connectivity index (χ1n) is 8.24. The lowest BCUT2D eigenvalue weighted by Gasteiger charge is -2.37. The highest BCUT2D eigenvalue weighted by atomic mass is 16.5. The van der Waals surface area contributed by atoms with E-state index in [2.05, 4.69) is 36.2 Å². The Hall–Kier alpha value is -1.55. The highest BCUT2D eigenvalue weighted by molar-refractivity contribution is 5.87. The molecule has 22 heavy (non-hydrogen) atoms. The van der Waals surface area contributed by atoms with Crippen molar-refractivity contribution >= 4 is 5.91 Å². The van der Waals surface area contributed by atoms with Crippen LogP contribution in [0.15, 0.2) is 24.3 Å². The smallest absolute Gasteiger partial charge is 0.231 e. The number of likely N-dealkylation sites (tertiary alicyclic amines) is 1. The summed E-state index contributed by atoms with van der Waals surface area (Å²) in [5.41, 5.74) is 0.984. The molecule has 0 aliphatic carbocycles. The minimum absolute atomic E-state index is 0.259. The first kappa shape index (κ1) is 15.3. The summed E-state index contributed by atoms with van der Waals surface area (Å²) in [6.07, 6.45) is 2.06. The molecule has 2 unspecified atom stereocenters. The Morgan fingerprint density at radius 3 is 2.59 bits per heavy atom. The molecule has 1 N–H and O–H groups in total. The summed E-state index contributed by atoms with van der Waals surface area (Å²) in [5, 5.41) is 3.46. The van der Waals surface area contributed by atoms with Crippen molar-refractivity contribution in [2.24, 2.45) is 5.41 Å². The van der Waals surface area contributed by atoms with Gasteiger partial charge in [-0.15, -0.1) is 0 Å². The highest BCUT2D eigenvalue weighted by Crippen LogP contribution is 2.48. The molecule has 0 aromatic heterocycles. The third kappa shape index (κ3) is 2.39. The van der Waals surface area contributed by atoms with Gasteiger partial charge in [0.1, 0.15) is 5.75 Å². The largest absolute Gasteiger partial charge is 0.497 e. The number of nitrogens with zero attached hydrogens (tertiary/aromatic N) is 1. The van der Waals surface area contributed by atoms with Crippen molar-refractivity contribution in [2.45, 2.75) is 38.6 Å².